The molecule has 0 unspecified atom stereocenters. The third kappa shape index (κ3) is 3.82. The molecule has 0 aliphatic carbocycles. The Labute approximate surface area is 172 Å². The molecule has 0 aliphatic rings. The fourth-order valence-electron chi connectivity index (χ4n) is 2.71. The molecule has 0 saturated carbocycles. The van der Waals surface area contributed by atoms with Crippen LogP contribution in [0.2, 0.25) is 10.0 Å². The molecule has 0 fully saturated rings. The summed E-state index contributed by atoms with van der Waals surface area (Å²) in [5, 5.41) is 14.5. The maximum absolute atomic E-state index is 12.3. The highest BCUT2D eigenvalue weighted by Gasteiger charge is 2.16. The van der Waals surface area contributed by atoms with E-state index in [0.29, 0.717) is 16.5 Å². The van der Waals surface area contributed by atoms with Gasteiger partial charge >= 0.3 is 5.76 Å². The molecule has 0 atom stereocenters. The first-order chi connectivity index (χ1) is 13.9. The van der Waals surface area contributed by atoms with Crippen LogP contribution in [-0.4, -0.2) is 20.0 Å². The molecule has 0 amide bonds. The summed E-state index contributed by atoms with van der Waals surface area (Å²) < 4.78 is 11.9. The van der Waals surface area contributed by atoms with Crippen LogP contribution in [0.3, 0.4) is 0 Å². The van der Waals surface area contributed by atoms with Crippen LogP contribution in [0.25, 0.3) is 10.8 Å². The van der Waals surface area contributed by atoms with Crippen LogP contribution in [0.4, 0.5) is 5.69 Å². The minimum absolute atomic E-state index is 0.151. The minimum atomic E-state index is -0.640. The lowest BCUT2D eigenvalue weighted by Gasteiger charge is -2.13. The van der Waals surface area contributed by atoms with E-state index in [-0.39, 0.29) is 39.7 Å². The lowest BCUT2D eigenvalue weighted by molar-refractivity contribution is 0.448. The smallest absolute Gasteiger partial charge is 0.434 e. The van der Waals surface area contributed by atoms with Crippen molar-refractivity contribution in [2.75, 3.05) is 5.32 Å². The van der Waals surface area contributed by atoms with Gasteiger partial charge in [0.25, 0.3) is 5.56 Å². The van der Waals surface area contributed by atoms with E-state index in [1.165, 1.54) is 11.7 Å². The van der Waals surface area contributed by atoms with Crippen LogP contribution in [0.5, 0.6) is 11.6 Å². The van der Waals surface area contributed by atoms with Crippen molar-refractivity contribution in [2.24, 2.45) is 7.05 Å². The Kier molecular flexibility index (Phi) is 4.99. The van der Waals surface area contributed by atoms with E-state index in [0.717, 1.165) is 0 Å². The standard InChI is InChI=1S/C18H13Cl2N5O4/c1-25-17(26)11-5-3-2-4-10(11)16(24-25)29-15-12(19)6-9(7-13(15)20)21-8-14-22-23-18(27)28-14/h2-7,21H,8H2,1H3,(H,23,27). The number of hydrogen-bond donors (Lipinski definition) is 2. The number of aryl methyl sites for hydroxylation is 1. The molecule has 29 heavy (non-hydrogen) atoms. The van der Waals surface area contributed by atoms with Crippen molar-refractivity contribution in [3.63, 3.8) is 0 Å². The van der Waals surface area contributed by atoms with Crippen molar-refractivity contribution in [3.8, 4) is 11.6 Å². The second kappa shape index (κ2) is 7.61. The molecule has 2 heterocycles. The number of nitrogens with zero attached hydrogens (tertiary/aromatic N) is 3. The maximum atomic E-state index is 12.3. The molecule has 0 spiro atoms. The average Bonchev–Trinajstić information content (AvgIpc) is 3.12. The van der Waals surface area contributed by atoms with E-state index in [2.05, 4.69) is 20.6 Å². The Morgan fingerprint density at radius 2 is 1.86 bits per heavy atom. The second-order valence-electron chi connectivity index (χ2n) is 6.01. The molecule has 2 N–H and O–H groups in total. The Balaban J connectivity index is 1.65. The maximum Gasteiger partial charge on any atom is 0.434 e. The van der Waals surface area contributed by atoms with Gasteiger partial charge in [0, 0.05) is 12.7 Å². The predicted octanol–water partition coefficient (Wildman–Crippen LogP) is 3.32. The zero-order chi connectivity index (χ0) is 20.5. The molecule has 4 rings (SSSR count). The summed E-state index contributed by atoms with van der Waals surface area (Å²) in [6.07, 6.45) is 0. The Morgan fingerprint density at radius 1 is 1.17 bits per heavy atom. The number of aromatic nitrogens is 4. The fourth-order valence-corrected chi connectivity index (χ4v) is 3.28. The summed E-state index contributed by atoms with van der Waals surface area (Å²) in [6.45, 7) is 0.151. The summed E-state index contributed by atoms with van der Waals surface area (Å²) in [5.74, 6) is -0.0611. The van der Waals surface area contributed by atoms with Crippen LogP contribution in [0.15, 0.2) is 50.4 Å². The monoisotopic (exact) mass is 433 g/mol. The lowest BCUT2D eigenvalue weighted by Crippen LogP contribution is -2.20. The molecular formula is C18H13Cl2N5O4. The highest BCUT2D eigenvalue weighted by atomic mass is 35.5. The van der Waals surface area contributed by atoms with E-state index in [9.17, 15) is 9.59 Å². The van der Waals surface area contributed by atoms with Gasteiger partial charge in [0.05, 0.1) is 27.4 Å². The van der Waals surface area contributed by atoms with E-state index in [4.69, 9.17) is 32.4 Å². The van der Waals surface area contributed by atoms with E-state index in [1.54, 1.807) is 36.4 Å². The number of aromatic amines is 1. The van der Waals surface area contributed by atoms with Crippen LogP contribution in [0, 0.1) is 0 Å². The van der Waals surface area contributed by atoms with Crippen molar-refractivity contribution >= 4 is 39.7 Å². The van der Waals surface area contributed by atoms with Gasteiger partial charge in [0.1, 0.15) is 0 Å². The predicted molar refractivity (Wildman–Crippen MR) is 108 cm³/mol. The highest BCUT2D eigenvalue weighted by molar-refractivity contribution is 6.37. The molecule has 0 radical (unpaired) electrons. The van der Waals surface area contributed by atoms with Crippen molar-refractivity contribution < 1.29 is 9.15 Å². The van der Waals surface area contributed by atoms with Crippen molar-refractivity contribution in [2.45, 2.75) is 6.54 Å². The third-order valence-corrected chi connectivity index (χ3v) is 4.61. The van der Waals surface area contributed by atoms with E-state index < -0.39 is 5.76 Å². The number of H-pyrrole nitrogens is 1. The van der Waals surface area contributed by atoms with Gasteiger partial charge in [0.2, 0.25) is 11.8 Å². The summed E-state index contributed by atoms with van der Waals surface area (Å²) in [4.78, 5) is 23.2. The third-order valence-electron chi connectivity index (χ3n) is 4.05. The number of hydrogen-bond acceptors (Lipinski definition) is 7. The molecular weight excluding hydrogens is 421 g/mol. The van der Waals surface area contributed by atoms with Crippen LogP contribution in [-0.2, 0) is 13.6 Å². The summed E-state index contributed by atoms with van der Waals surface area (Å²) in [5.41, 5.74) is 0.325. The Hall–Kier alpha value is -3.30. The van der Waals surface area contributed by atoms with Crippen molar-refractivity contribution in [3.05, 3.63) is 73.2 Å². The molecule has 148 valence electrons. The molecule has 11 heteroatoms. The van der Waals surface area contributed by atoms with Gasteiger partial charge in [-0.05, 0) is 24.3 Å². The van der Waals surface area contributed by atoms with Gasteiger partial charge in [-0.1, -0.05) is 35.3 Å². The Bertz CT molecular complexity index is 1300. The van der Waals surface area contributed by atoms with Crippen LogP contribution in [0.1, 0.15) is 5.89 Å². The van der Waals surface area contributed by atoms with Crippen molar-refractivity contribution in [1.82, 2.24) is 20.0 Å². The van der Waals surface area contributed by atoms with Crippen molar-refractivity contribution in [1.29, 1.82) is 0 Å². The number of benzene rings is 2. The Morgan fingerprint density at radius 3 is 2.52 bits per heavy atom. The van der Waals surface area contributed by atoms with Gasteiger partial charge in [-0.2, -0.15) is 0 Å². The average molecular weight is 434 g/mol. The number of rotatable bonds is 5. The first-order valence-corrected chi connectivity index (χ1v) is 9.09. The van der Waals surface area contributed by atoms with Crippen LogP contribution < -0.4 is 21.4 Å². The van der Waals surface area contributed by atoms with E-state index >= 15 is 0 Å². The summed E-state index contributed by atoms with van der Waals surface area (Å²) in [6, 6.07) is 10.1. The number of ether oxygens (including phenoxy) is 1. The SMILES string of the molecule is Cn1nc(Oc2c(Cl)cc(NCc3n[nH]c(=O)o3)cc2Cl)c2ccccc2c1=O. The summed E-state index contributed by atoms with van der Waals surface area (Å²) in [7, 11) is 1.53. The molecule has 9 nitrogen and oxygen atoms in total. The normalized spacial score (nSPS) is 11.0. The largest absolute Gasteiger partial charge is 0.434 e. The van der Waals surface area contributed by atoms with Gasteiger partial charge in [0.15, 0.2) is 5.75 Å². The van der Waals surface area contributed by atoms with Gasteiger partial charge in [-0.25, -0.2) is 14.6 Å². The van der Waals surface area contributed by atoms with Gasteiger partial charge in [-0.15, -0.1) is 10.2 Å². The van der Waals surface area contributed by atoms with Gasteiger partial charge in [-0.3, -0.25) is 4.79 Å². The highest BCUT2D eigenvalue weighted by Crippen LogP contribution is 2.39. The van der Waals surface area contributed by atoms with Crippen LogP contribution >= 0.6 is 23.2 Å². The number of anilines is 1. The molecule has 2 aromatic carbocycles. The quantitative estimate of drug-likeness (QED) is 0.495. The second-order valence-corrected chi connectivity index (χ2v) is 6.83. The first-order valence-electron chi connectivity index (χ1n) is 8.33. The molecule has 0 bridgehead atoms. The van der Waals surface area contributed by atoms with E-state index in [1.807, 2.05) is 0 Å². The zero-order valence-electron chi connectivity index (χ0n) is 14.9. The molecule has 4 aromatic rings. The summed E-state index contributed by atoms with van der Waals surface area (Å²) >= 11 is 12.7. The lowest BCUT2D eigenvalue weighted by atomic mass is 10.2. The number of nitrogens with one attached hydrogen (secondary N) is 2. The van der Waals surface area contributed by atoms with Gasteiger partial charge < -0.3 is 14.5 Å². The number of halogens is 2. The molecule has 0 saturated heterocycles. The zero-order valence-corrected chi connectivity index (χ0v) is 16.4. The first kappa shape index (κ1) is 19.0. The fraction of sp³-hybridized carbons (Fsp3) is 0.111. The molecule has 2 aromatic heterocycles. The molecule has 0 aliphatic heterocycles. The minimum Gasteiger partial charge on any atom is -0.434 e. The number of fused-ring (bicyclic) bond motifs is 1. The topological polar surface area (TPSA) is 115 Å².